The van der Waals surface area contributed by atoms with Crippen molar-refractivity contribution in [2.75, 3.05) is 10.6 Å². The number of amides is 1. The van der Waals surface area contributed by atoms with Gasteiger partial charge in [0.1, 0.15) is 22.8 Å². The lowest BCUT2D eigenvalue weighted by molar-refractivity contribution is -0.122. The Kier molecular flexibility index (Phi) is 6.74. The summed E-state index contributed by atoms with van der Waals surface area (Å²) in [4.78, 5) is 25.4. The molecule has 2 aliphatic carbocycles. The van der Waals surface area contributed by atoms with E-state index in [4.69, 9.17) is 10.7 Å². The second-order valence-corrected chi connectivity index (χ2v) is 11.0. The van der Waals surface area contributed by atoms with Crippen LogP contribution in [0.25, 0.3) is 11.2 Å². The van der Waals surface area contributed by atoms with Gasteiger partial charge >= 0.3 is 0 Å². The SMILES string of the molecule is CC1(C)CC[C@@H](Nc2ncc3nc(Nc4c(F)cccc4F)n([C@H]4CC[C@@H](C(N)=O)CC4)c3n2)C[C@H]1O. The standard InChI is InChI=1S/C26H33F2N7O2/c1-26(2)11-10-15(12-20(26)36)31-24-30-13-19-23(34-24)35(16-8-6-14(7-9-16)22(29)37)25(32-19)33-21-17(27)4-3-5-18(21)28/h3-5,13-16,20,36H,6-12H2,1-2H3,(H2,29,37)(H,32,33)(H,30,31,34)/t14-,15-,16+,20-/m1/s1. The Bertz CT molecular complexity index is 1280. The summed E-state index contributed by atoms with van der Waals surface area (Å²) >= 11 is 0. The van der Waals surface area contributed by atoms with Crippen LogP contribution in [0.1, 0.15) is 64.8 Å². The van der Waals surface area contributed by atoms with Gasteiger partial charge in [-0.05, 0) is 62.5 Å². The van der Waals surface area contributed by atoms with Crippen molar-refractivity contribution in [2.45, 2.75) is 77.0 Å². The Hall–Kier alpha value is -3.34. The maximum atomic E-state index is 14.5. The normalized spacial score (nSPS) is 25.6. The number of aliphatic hydroxyl groups excluding tert-OH is 1. The lowest BCUT2D eigenvalue weighted by Crippen LogP contribution is -2.41. The molecule has 2 aliphatic rings. The van der Waals surface area contributed by atoms with Gasteiger partial charge in [-0.25, -0.2) is 18.7 Å². The smallest absolute Gasteiger partial charge is 0.224 e. The number of nitrogens with zero attached hydrogens (tertiary/aromatic N) is 4. The van der Waals surface area contributed by atoms with Gasteiger partial charge in [0.05, 0.1) is 12.3 Å². The molecule has 5 N–H and O–H groups in total. The first-order valence-corrected chi connectivity index (χ1v) is 12.8. The molecule has 1 amide bonds. The lowest BCUT2D eigenvalue weighted by atomic mass is 9.73. The molecular formula is C26H33F2N7O2. The molecule has 1 aromatic carbocycles. The fourth-order valence-corrected chi connectivity index (χ4v) is 5.47. The van der Waals surface area contributed by atoms with E-state index in [1.807, 2.05) is 4.57 Å². The monoisotopic (exact) mass is 513 g/mol. The number of aromatic nitrogens is 4. The van der Waals surface area contributed by atoms with Gasteiger partial charge in [0, 0.05) is 18.0 Å². The highest BCUT2D eigenvalue weighted by Gasteiger charge is 2.35. The van der Waals surface area contributed by atoms with Gasteiger partial charge in [0.2, 0.25) is 17.8 Å². The van der Waals surface area contributed by atoms with Crippen LogP contribution in [-0.4, -0.2) is 42.7 Å². The third-order valence-corrected chi connectivity index (χ3v) is 7.98. The summed E-state index contributed by atoms with van der Waals surface area (Å²) in [6, 6.07) is 3.58. The molecule has 198 valence electrons. The minimum absolute atomic E-state index is 0.0213. The van der Waals surface area contributed by atoms with Gasteiger partial charge in [-0.3, -0.25) is 9.36 Å². The molecule has 0 unspecified atom stereocenters. The van der Waals surface area contributed by atoms with Crippen LogP contribution in [0.3, 0.4) is 0 Å². The molecule has 0 aliphatic heterocycles. The maximum absolute atomic E-state index is 14.5. The van der Waals surface area contributed by atoms with Crippen molar-refractivity contribution < 1.29 is 18.7 Å². The quantitative estimate of drug-likeness (QED) is 0.384. The average Bonchev–Trinajstić information content (AvgIpc) is 3.21. The summed E-state index contributed by atoms with van der Waals surface area (Å²) in [5, 5.41) is 16.7. The van der Waals surface area contributed by atoms with Crippen molar-refractivity contribution in [1.29, 1.82) is 0 Å². The van der Waals surface area contributed by atoms with E-state index in [9.17, 15) is 18.7 Å². The highest BCUT2D eigenvalue weighted by Crippen LogP contribution is 2.38. The number of primary amides is 1. The number of hydrogen-bond donors (Lipinski definition) is 4. The van der Waals surface area contributed by atoms with Crippen LogP contribution in [0, 0.1) is 23.0 Å². The number of nitrogens with one attached hydrogen (secondary N) is 2. The molecule has 2 saturated carbocycles. The molecule has 37 heavy (non-hydrogen) atoms. The zero-order chi connectivity index (χ0) is 26.3. The summed E-state index contributed by atoms with van der Waals surface area (Å²) in [5.41, 5.74) is 6.10. The number of fused-ring (bicyclic) bond motifs is 1. The van der Waals surface area contributed by atoms with E-state index < -0.39 is 17.7 Å². The number of hydrogen-bond acceptors (Lipinski definition) is 7. The Morgan fingerprint density at radius 2 is 1.84 bits per heavy atom. The largest absolute Gasteiger partial charge is 0.392 e. The molecule has 2 aromatic heterocycles. The third kappa shape index (κ3) is 5.09. The number of halogens is 2. The van der Waals surface area contributed by atoms with Crippen molar-refractivity contribution in [1.82, 2.24) is 19.5 Å². The zero-order valence-corrected chi connectivity index (χ0v) is 21.0. The van der Waals surface area contributed by atoms with E-state index in [1.54, 1.807) is 6.20 Å². The molecule has 3 aromatic rings. The molecule has 2 fully saturated rings. The van der Waals surface area contributed by atoms with Crippen LogP contribution < -0.4 is 16.4 Å². The van der Waals surface area contributed by atoms with Crippen molar-refractivity contribution in [3.63, 3.8) is 0 Å². The molecule has 2 heterocycles. The van der Waals surface area contributed by atoms with Gasteiger partial charge in [-0.1, -0.05) is 19.9 Å². The number of aliphatic hydroxyl groups is 1. The highest BCUT2D eigenvalue weighted by molar-refractivity contribution is 5.78. The van der Waals surface area contributed by atoms with E-state index in [0.717, 1.165) is 12.8 Å². The molecule has 0 radical (unpaired) electrons. The first-order chi connectivity index (χ1) is 17.6. The number of rotatable bonds is 6. The minimum Gasteiger partial charge on any atom is -0.392 e. The highest BCUT2D eigenvalue weighted by atomic mass is 19.1. The summed E-state index contributed by atoms with van der Waals surface area (Å²) in [5.74, 6) is -1.32. The molecule has 0 bridgehead atoms. The summed E-state index contributed by atoms with van der Waals surface area (Å²) in [7, 11) is 0. The van der Waals surface area contributed by atoms with Crippen LogP contribution in [-0.2, 0) is 4.79 Å². The Balaban J connectivity index is 1.49. The van der Waals surface area contributed by atoms with Crippen molar-refractivity contribution >= 4 is 34.7 Å². The Morgan fingerprint density at radius 3 is 2.49 bits per heavy atom. The molecule has 11 heteroatoms. The Morgan fingerprint density at radius 1 is 1.14 bits per heavy atom. The van der Waals surface area contributed by atoms with E-state index in [0.29, 0.717) is 49.2 Å². The topological polar surface area (TPSA) is 131 Å². The lowest BCUT2D eigenvalue weighted by Gasteiger charge is -2.39. The van der Waals surface area contributed by atoms with Gasteiger partial charge in [-0.15, -0.1) is 0 Å². The van der Waals surface area contributed by atoms with Crippen LogP contribution in [0.4, 0.5) is 26.4 Å². The number of carbonyl (C=O) groups excluding carboxylic acids is 1. The predicted octanol–water partition coefficient (Wildman–Crippen LogP) is 4.42. The Labute approximate surface area is 213 Å². The van der Waals surface area contributed by atoms with Crippen molar-refractivity contribution in [3.8, 4) is 0 Å². The van der Waals surface area contributed by atoms with E-state index in [1.165, 1.54) is 18.2 Å². The summed E-state index contributed by atoms with van der Waals surface area (Å²) < 4.78 is 30.8. The summed E-state index contributed by atoms with van der Waals surface area (Å²) in [6.45, 7) is 4.13. The van der Waals surface area contributed by atoms with Gasteiger partial charge in [-0.2, -0.15) is 4.98 Å². The van der Waals surface area contributed by atoms with Crippen LogP contribution in [0.15, 0.2) is 24.4 Å². The molecule has 2 atom stereocenters. The second-order valence-electron chi connectivity index (χ2n) is 11.0. The predicted molar refractivity (Wildman–Crippen MR) is 136 cm³/mol. The number of carbonyl (C=O) groups is 1. The van der Waals surface area contributed by atoms with Crippen molar-refractivity contribution in [2.24, 2.45) is 17.1 Å². The fourth-order valence-electron chi connectivity index (χ4n) is 5.47. The van der Waals surface area contributed by atoms with E-state index in [2.05, 4.69) is 34.4 Å². The van der Waals surface area contributed by atoms with Gasteiger partial charge < -0.3 is 21.5 Å². The maximum Gasteiger partial charge on any atom is 0.224 e. The minimum atomic E-state index is -0.733. The number of para-hydroxylation sites is 1. The first kappa shape index (κ1) is 25.3. The molecule has 0 spiro atoms. The van der Waals surface area contributed by atoms with E-state index >= 15 is 0 Å². The third-order valence-electron chi connectivity index (χ3n) is 7.98. The first-order valence-electron chi connectivity index (χ1n) is 12.8. The number of benzene rings is 1. The zero-order valence-electron chi connectivity index (χ0n) is 21.0. The average molecular weight is 514 g/mol. The number of anilines is 3. The fraction of sp³-hybridized carbons (Fsp3) is 0.538. The molecule has 9 nitrogen and oxygen atoms in total. The summed E-state index contributed by atoms with van der Waals surface area (Å²) in [6.07, 6.45) is 6.00. The number of nitrogens with two attached hydrogens (primary N) is 1. The molecule has 0 saturated heterocycles. The molecule has 5 rings (SSSR count). The second kappa shape index (κ2) is 9.85. The van der Waals surface area contributed by atoms with Crippen molar-refractivity contribution in [3.05, 3.63) is 36.0 Å². The molecular weight excluding hydrogens is 480 g/mol. The van der Waals surface area contributed by atoms with Gasteiger partial charge in [0.15, 0.2) is 5.65 Å². The van der Waals surface area contributed by atoms with Crippen LogP contribution in [0.5, 0.6) is 0 Å². The number of imidazole rings is 1. The van der Waals surface area contributed by atoms with Crippen LogP contribution in [0.2, 0.25) is 0 Å². The van der Waals surface area contributed by atoms with E-state index in [-0.39, 0.29) is 41.0 Å². The van der Waals surface area contributed by atoms with Crippen LogP contribution >= 0.6 is 0 Å². The van der Waals surface area contributed by atoms with Gasteiger partial charge in [0.25, 0.3) is 0 Å².